The predicted molar refractivity (Wildman–Crippen MR) is 115 cm³/mol. The third-order valence-corrected chi connectivity index (χ3v) is 4.84. The largest absolute Gasteiger partial charge is 0.302 e. The van der Waals surface area contributed by atoms with E-state index in [9.17, 15) is 4.79 Å². The van der Waals surface area contributed by atoms with Crippen molar-refractivity contribution >= 4 is 17.5 Å². The van der Waals surface area contributed by atoms with Crippen molar-refractivity contribution in [1.82, 2.24) is 10.3 Å². The second-order valence-corrected chi connectivity index (χ2v) is 11.5. The smallest absolute Gasteiger partial charge is 0.155 e. The Morgan fingerprint density at radius 2 is 1.62 bits per heavy atom. The first-order valence-electron chi connectivity index (χ1n) is 9.52. The molecule has 148 valence electrons. The van der Waals surface area contributed by atoms with Gasteiger partial charge in [-0.25, -0.2) is 0 Å². The highest BCUT2D eigenvalue weighted by atomic mass is 32.2. The lowest BCUT2D eigenvalue weighted by Gasteiger charge is -2.31. The normalized spacial score (nSPS) is 14.3. The van der Waals surface area contributed by atoms with E-state index in [1.54, 1.807) is 11.8 Å². The van der Waals surface area contributed by atoms with Crippen LogP contribution in [0.15, 0.2) is 18.2 Å². The quantitative estimate of drug-likeness (QED) is 0.701. The van der Waals surface area contributed by atoms with E-state index in [1.165, 1.54) is 0 Å². The Labute approximate surface area is 165 Å². The number of nitrogens with zero attached hydrogens (tertiary/aromatic N) is 1. The molecule has 0 aliphatic rings. The molecule has 0 fully saturated rings. The fraction of sp³-hybridized carbons (Fsp3) is 0.727. The third kappa shape index (κ3) is 9.18. The summed E-state index contributed by atoms with van der Waals surface area (Å²) in [5.74, 6) is 1.87. The Morgan fingerprint density at radius 1 is 1.04 bits per heavy atom. The van der Waals surface area contributed by atoms with E-state index in [1.807, 2.05) is 20.8 Å². The summed E-state index contributed by atoms with van der Waals surface area (Å²) in [6, 6.07) is 6.14. The molecule has 26 heavy (non-hydrogen) atoms. The van der Waals surface area contributed by atoms with Crippen molar-refractivity contribution in [2.24, 2.45) is 10.8 Å². The number of nitrogens with one attached hydrogen (secondary N) is 1. The molecule has 0 amide bonds. The highest BCUT2D eigenvalue weighted by Gasteiger charge is 2.31. The molecule has 0 saturated heterocycles. The van der Waals surface area contributed by atoms with Gasteiger partial charge in [-0.15, -0.1) is 0 Å². The number of carbonyl (C=O) groups is 1. The molecule has 1 heterocycles. The van der Waals surface area contributed by atoms with E-state index in [0.29, 0.717) is 0 Å². The van der Waals surface area contributed by atoms with E-state index in [2.05, 4.69) is 65.1 Å². The number of aromatic nitrogens is 1. The summed E-state index contributed by atoms with van der Waals surface area (Å²) in [4.78, 5) is 17.6. The van der Waals surface area contributed by atoms with Gasteiger partial charge in [0.1, 0.15) is 0 Å². The number of carbonyl (C=O) groups excluding carboxylic acids is 1. The number of thioether (sulfide) groups is 1. The van der Waals surface area contributed by atoms with Crippen molar-refractivity contribution in [1.29, 1.82) is 0 Å². The van der Waals surface area contributed by atoms with Crippen LogP contribution in [0.1, 0.15) is 73.7 Å². The lowest BCUT2D eigenvalue weighted by Crippen LogP contribution is -2.52. The molecule has 1 N–H and O–H groups in total. The van der Waals surface area contributed by atoms with Crippen LogP contribution < -0.4 is 5.32 Å². The van der Waals surface area contributed by atoms with Crippen molar-refractivity contribution in [3.63, 3.8) is 0 Å². The molecule has 1 aromatic heterocycles. The first-order valence-corrected chi connectivity index (χ1v) is 10.7. The Kier molecular flexibility index (Phi) is 7.91. The molecule has 0 saturated carbocycles. The van der Waals surface area contributed by atoms with Gasteiger partial charge < -0.3 is 5.32 Å². The standard InChI is InChI=1S/C22H38N2OS/c1-20(2,3)13-16-11-10-12-17(23-16)14-26-15-18(24-22(7,8)9)19(25)21(4,5)6/h10-12,18,24H,13-15H2,1-9H3/t18-/m0/s1. The van der Waals surface area contributed by atoms with Gasteiger partial charge in [0.25, 0.3) is 0 Å². The summed E-state index contributed by atoms with van der Waals surface area (Å²) in [5.41, 5.74) is 2.05. The van der Waals surface area contributed by atoms with Crippen molar-refractivity contribution in [3.8, 4) is 0 Å². The Morgan fingerprint density at radius 3 is 2.12 bits per heavy atom. The Hall–Kier alpha value is -0.870. The number of hydrogen-bond donors (Lipinski definition) is 1. The summed E-state index contributed by atoms with van der Waals surface area (Å²) in [6.45, 7) is 19.0. The summed E-state index contributed by atoms with van der Waals surface area (Å²) in [5, 5.41) is 3.50. The van der Waals surface area contributed by atoms with Crippen LogP contribution in [-0.2, 0) is 17.0 Å². The van der Waals surface area contributed by atoms with Crippen molar-refractivity contribution < 1.29 is 4.79 Å². The predicted octanol–water partition coefficient (Wildman–Crippen LogP) is 5.28. The molecule has 0 aliphatic heterocycles. The molecule has 0 unspecified atom stereocenters. The summed E-state index contributed by atoms with van der Waals surface area (Å²) in [7, 11) is 0. The molecule has 0 bridgehead atoms. The van der Waals surface area contributed by atoms with Crippen LogP contribution in [0.25, 0.3) is 0 Å². The van der Waals surface area contributed by atoms with Gasteiger partial charge in [0.2, 0.25) is 0 Å². The molecule has 1 atom stereocenters. The van der Waals surface area contributed by atoms with Gasteiger partial charge in [-0.05, 0) is 44.7 Å². The molecule has 3 nitrogen and oxygen atoms in total. The van der Waals surface area contributed by atoms with Gasteiger partial charge in [-0.2, -0.15) is 11.8 Å². The molecule has 0 radical (unpaired) electrons. The van der Waals surface area contributed by atoms with E-state index >= 15 is 0 Å². The molecular formula is C22H38N2OS. The Balaban J connectivity index is 2.72. The zero-order valence-electron chi connectivity index (χ0n) is 18.2. The minimum absolute atomic E-state index is 0.0863. The third-order valence-electron chi connectivity index (χ3n) is 3.77. The highest BCUT2D eigenvalue weighted by molar-refractivity contribution is 7.98. The second-order valence-electron chi connectivity index (χ2n) is 10.4. The maximum atomic E-state index is 12.8. The topological polar surface area (TPSA) is 42.0 Å². The van der Waals surface area contributed by atoms with Crippen LogP contribution in [-0.4, -0.2) is 28.1 Å². The lowest BCUT2D eigenvalue weighted by atomic mass is 9.86. The first-order chi connectivity index (χ1) is 11.7. The minimum Gasteiger partial charge on any atom is -0.302 e. The average molecular weight is 379 g/mol. The van der Waals surface area contributed by atoms with Crippen molar-refractivity contribution in [2.45, 2.75) is 86.1 Å². The number of rotatable bonds is 7. The number of hydrogen-bond acceptors (Lipinski definition) is 4. The number of pyridine rings is 1. The van der Waals surface area contributed by atoms with Crippen LogP contribution in [0.2, 0.25) is 0 Å². The van der Waals surface area contributed by atoms with E-state index < -0.39 is 0 Å². The Bertz CT molecular complexity index is 591. The summed E-state index contributed by atoms with van der Waals surface area (Å²) in [6.07, 6.45) is 0.974. The molecule has 0 aliphatic carbocycles. The van der Waals surface area contributed by atoms with E-state index in [0.717, 1.165) is 29.3 Å². The van der Waals surface area contributed by atoms with Crippen LogP contribution in [0, 0.1) is 10.8 Å². The van der Waals surface area contributed by atoms with Crippen LogP contribution >= 0.6 is 11.8 Å². The molecule has 4 heteroatoms. The van der Waals surface area contributed by atoms with Gasteiger partial charge in [0.15, 0.2) is 5.78 Å². The fourth-order valence-corrected chi connectivity index (χ4v) is 3.72. The first kappa shape index (κ1) is 23.2. The van der Waals surface area contributed by atoms with Gasteiger partial charge in [0, 0.05) is 28.2 Å². The average Bonchev–Trinajstić information content (AvgIpc) is 2.41. The molecule has 1 rings (SSSR count). The van der Waals surface area contributed by atoms with E-state index in [-0.39, 0.29) is 28.2 Å². The number of Topliss-reactive ketones (excluding diaryl/α,β-unsaturated/α-hetero) is 1. The molecule has 1 aromatic rings. The lowest BCUT2D eigenvalue weighted by molar-refractivity contribution is -0.128. The van der Waals surface area contributed by atoms with Gasteiger partial charge in [0.05, 0.1) is 11.7 Å². The zero-order valence-corrected chi connectivity index (χ0v) is 19.0. The van der Waals surface area contributed by atoms with Crippen molar-refractivity contribution in [3.05, 3.63) is 29.6 Å². The highest BCUT2D eigenvalue weighted by Crippen LogP contribution is 2.23. The van der Waals surface area contributed by atoms with Crippen LogP contribution in [0.3, 0.4) is 0 Å². The van der Waals surface area contributed by atoms with Gasteiger partial charge in [-0.3, -0.25) is 9.78 Å². The maximum absolute atomic E-state index is 12.8. The van der Waals surface area contributed by atoms with Gasteiger partial charge in [-0.1, -0.05) is 47.6 Å². The minimum atomic E-state index is -0.339. The fourth-order valence-electron chi connectivity index (χ4n) is 2.76. The summed E-state index contributed by atoms with van der Waals surface area (Å²) < 4.78 is 0. The number of ketones is 1. The monoisotopic (exact) mass is 378 g/mol. The van der Waals surface area contributed by atoms with Crippen molar-refractivity contribution in [2.75, 3.05) is 5.75 Å². The SMILES string of the molecule is CC(C)(C)Cc1cccc(CSC[C@H](NC(C)(C)C)C(=O)C(C)(C)C)n1. The summed E-state index contributed by atoms with van der Waals surface area (Å²) >= 11 is 1.78. The van der Waals surface area contributed by atoms with E-state index in [4.69, 9.17) is 4.98 Å². The second kappa shape index (κ2) is 8.88. The molecule has 0 aromatic carbocycles. The van der Waals surface area contributed by atoms with Crippen LogP contribution in [0.4, 0.5) is 0 Å². The molecule has 0 spiro atoms. The molecular weight excluding hydrogens is 340 g/mol. The van der Waals surface area contributed by atoms with Gasteiger partial charge >= 0.3 is 0 Å². The van der Waals surface area contributed by atoms with Crippen LogP contribution in [0.5, 0.6) is 0 Å². The zero-order chi connectivity index (χ0) is 20.2. The maximum Gasteiger partial charge on any atom is 0.155 e.